The zero-order valence-corrected chi connectivity index (χ0v) is 30.8. The van der Waals surface area contributed by atoms with Gasteiger partial charge in [0.2, 0.25) is 0 Å². The SMILES string of the molecule is CCCCCCCCCCCCCCCCC(C)[N+](C)(CCO)C(C)CCCCCCCCCCCCCCCC.[Cl-]. The fourth-order valence-electron chi connectivity index (χ4n) is 6.95. The first-order chi connectivity index (χ1) is 20.0. The highest BCUT2D eigenvalue weighted by atomic mass is 35.5. The van der Waals surface area contributed by atoms with Gasteiger partial charge in [0.25, 0.3) is 0 Å². The second-order valence-electron chi connectivity index (χ2n) is 14.3. The van der Waals surface area contributed by atoms with Gasteiger partial charge in [0.15, 0.2) is 0 Å². The Morgan fingerprint density at radius 3 is 0.833 bits per heavy atom. The Bertz CT molecular complexity index is 461. The molecule has 0 amide bonds. The third-order valence-corrected chi connectivity index (χ3v) is 10.5. The summed E-state index contributed by atoms with van der Waals surface area (Å²) in [7, 11) is 2.43. The van der Waals surface area contributed by atoms with Crippen molar-refractivity contribution in [3.05, 3.63) is 0 Å². The quantitative estimate of drug-likeness (QED) is 0.0564. The van der Waals surface area contributed by atoms with Crippen molar-refractivity contribution in [3.8, 4) is 0 Å². The molecule has 2 atom stereocenters. The van der Waals surface area contributed by atoms with Gasteiger partial charge in [-0.2, -0.15) is 0 Å². The van der Waals surface area contributed by atoms with Crippen molar-refractivity contribution in [1.82, 2.24) is 0 Å². The van der Waals surface area contributed by atoms with Crippen molar-refractivity contribution in [2.45, 2.75) is 232 Å². The Hall–Kier alpha value is 0.210. The van der Waals surface area contributed by atoms with E-state index in [0.717, 1.165) is 11.0 Å². The lowest BCUT2D eigenvalue weighted by Crippen LogP contribution is -3.00. The highest BCUT2D eigenvalue weighted by Crippen LogP contribution is 2.25. The van der Waals surface area contributed by atoms with Gasteiger partial charge in [-0.3, -0.25) is 0 Å². The normalized spacial score (nSPS) is 14.4. The van der Waals surface area contributed by atoms with Crippen LogP contribution in [0, 0.1) is 0 Å². The molecule has 256 valence electrons. The number of aliphatic hydroxyl groups excluding tert-OH is 1. The molecule has 2 nitrogen and oxygen atoms in total. The minimum Gasteiger partial charge on any atom is -1.00 e. The number of halogens is 1. The maximum atomic E-state index is 9.87. The van der Waals surface area contributed by atoms with Crippen LogP contribution >= 0.6 is 0 Å². The van der Waals surface area contributed by atoms with E-state index in [1.807, 2.05) is 0 Å². The van der Waals surface area contributed by atoms with E-state index in [-0.39, 0.29) is 12.4 Å². The highest BCUT2D eigenvalue weighted by Gasteiger charge is 2.33. The van der Waals surface area contributed by atoms with E-state index in [0.29, 0.717) is 18.7 Å². The fourth-order valence-corrected chi connectivity index (χ4v) is 6.95. The minimum absolute atomic E-state index is 0. The topological polar surface area (TPSA) is 20.2 Å². The van der Waals surface area contributed by atoms with Crippen LogP contribution in [-0.4, -0.2) is 41.9 Å². The molecule has 0 aliphatic heterocycles. The summed E-state index contributed by atoms with van der Waals surface area (Å²) in [6.07, 6.45) is 42.7. The maximum absolute atomic E-state index is 9.87. The van der Waals surface area contributed by atoms with Crippen LogP contribution in [0.5, 0.6) is 0 Å². The van der Waals surface area contributed by atoms with Crippen LogP contribution in [0.25, 0.3) is 0 Å². The van der Waals surface area contributed by atoms with Crippen LogP contribution < -0.4 is 12.4 Å². The maximum Gasteiger partial charge on any atom is 0.102 e. The summed E-state index contributed by atoms with van der Waals surface area (Å²) in [6.45, 7) is 10.8. The van der Waals surface area contributed by atoms with Crippen LogP contribution in [0.4, 0.5) is 0 Å². The number of rotatable bonds is 34. The number of hydrogen-bond donors (Lipinski definition) is 1. The van der Waals surface area contributed by atoms with Gasteiger partial charge in [0, 0.05) is 0 Å². The van der Waals surface area contributed by atoms with E-state index in [1.165, 1.54) is 193 Å². The van der Waals surface area contributed by atoms with Gasteiger partial charge >= 0.3 is 0 Å². The predicted octanol–water partition coefficient (Wildman–Crippen LogP) is 9.95. The molecule has 1 N–H and O–H groups in total. The molecular formula is C39H82ClNO. The lowest BCUT2D eigenvalue weighted by Gasteiger charge is -2.45. The Morgan fingerprint density at radius 1 is 0.405 bits per heavy atom. The number of likely N-dealkylation sites (N-methyl/N-ethyl adjacent to an activating group) is 1. The minimum atomic E-state index is 0. The van der Waals surface area contributed by atoms with Gasteiger partial charge in [0.05, 0.1) is 25.7 Å². The number of quaternary nitrogens is 1. The third kappa shape index (κ3) is 26.6. The molecule has 0 aromatic heterocycles. The lowest BCUT2D eigenvalue weighted by atomic mass is 9.98. The van der Waals surface area contributed by atoms with Gasteiger partial charge in [0.1, 0.15) is 6.54 Å². The third-order valence-electron chi connectivity index (χ3n) is 10.5. The monoisotopic (exact) mass is 616 g/mol. The number of aliphatic hydroxyl groups is 1. The Labute approximate surface area is 274 Å². The highest BCUT2D eigenvalue weighted by molar-refractivity contribution is 4.62. The van der Waals surface area contributed by atoms with Crippen LogP contribution in [0.15, 0.2) is 0 Å². The molecule has 0 bridgehead atoms. The second kappa shape index (κ2) is 34.1. The first-order valence-corrected chi connectivity index (χ1v) is 19.5. The van der Waals surface area contributed by atoms with E-state index in [2.05, 4.69) is 34.7 Å². The van der Waals surface area contributed by atoms with Crippen LogP contribution in [-0.2, 0) is 0 Å². The van der Waals surface area contributed by atoms with Crippen molar-refractivity contribution in [2.75, 3.05) is 20.2 Å². The number of hydrogen-bond acceptors (Lipinski definition) is 1. The molecule has 0 saturated heterocycles. The first-order valence-electron chi connectivity index (χ1n) is 19.5. The number of unbranched alkanes of at least 4 members (excludes halogenated alkanes) is 26. The molecule has 0 aliphatic rings. The molecule has 42 heavy (non-hydrogen) atoms. The van der Waals surface area contributed by atoms with Crippen molar-refractivity contribution < 1.29 is 22.0 Å². The van der Waals surface area contributed by atoms with Crippen molar-refractivity contribution in [1.29, 1.82) is 0 Å². The zero-order valence-electron chi connectivity index (χ0n) is 30.1. The molecule has 0 aliphatic carbocycles. The van der Waals surface area contributed by atoms with E-state index in [1.54, 1.807) is 0 Å². The van der Waals surface area contributed by atoms with Crippen LogP contribution in [0.3, 0.4) is 0 Å². The lowest BCUT2D eigenvalue weighted by molar-refractivity contribution is -0.953. The van der Waals surface area contributed by atoms with Crippen LogP contribution in [0.1, 0.15) is 220 Å². The van der Waals surface area contributed by atoms with Gasteiger partial charge < -0.3 is 22.0 Å². The van der Waals surface area contributed by atoms with Crippen LogP contribution in [0.2, 0.25) is 0 Å². The second-order valence-corrected chi connectivity index (χ2v) is 14.3. The molecule has 2 unspecified atom stereocenters. The molecule has 0 spiro atoms. The molecular weight excluding hydrogens is 534 g/mol. The summed E-state index contributed by atoms with van der Waals surface area (Å²) in [6, 6.07) is 1.31. The first kappa shape index (κ1) is 44.3. The standard InChI is InChI=1S/C39H82NO.ClH/c1-6-8-10-12-14-16-18-20-22-24-26-28-30-32-34-38(3)40(5,36-37-41)39(4)35-33-31-29-27-25-23-21-19-17-15-13-11-9-7-2;/h38-39,41H,6-37H2,1-5H3;1H/q+1;/p-1. The van der Waals surface area contributed by atoms with Gasteiger partial charge in [-0.15, -0.1) is 0 Å². The summed E-state index contributed by atoms with van der Waals surface area (Å²) in [5.74, 6) is 0. The molecule has 0 rings (SSSR count). The fraction of sp³-hybridized carbons (Fsp3) is 1.00. The van der Waals surface area contributed by atoms with Crippen molar-refractivity contribution in [2.24, 2.45) is 0 Å². The number of nitrogens with zero attached hydrogens (tertiary/aromatic N) is 1. The average molecular weight is 617 g/mol. The van der Waals surface area contributed by atoms with Gasteiger partial charge in [-0.05, 0) is 39.5 Å². The van der Waals surface area contributed by atoms with Crippen molar-refractivity contribution >= 4 is 0 Å². The van der Waals surface area contributed by atoms with Crippen molar-refractivity contribution in [3.63, 3.8) is 0 Å². The molecule has 0 radical (unpaired) electrons. The Morgan fingerprint density at radius 2 is 0.619 bits per heavy atom. The molecule has 0 fully saturated rings. The largest absolute Gasteiger partial charge is 1.00 e. The van der Waals surface area contributed by atoms with E-state index in [4.69, 9.17) is 0 Å². The van der Waals surface area contributed by atoms with E-state index < -0.39 is 0 Å². The van der Waals surface area contributed by atoms with Gasteiger partial charge in [-0.25, -0.2) is 0 Å². The predicted molar refractivity (Wildman–Crippen MR) is 187 cm³/mol. The smallest absolute Gasteiger partial charge is 0.102 e. The van der Waals surface area contributed by atoms with Gasteiger partial charge in [-0.1, -0.05) is 181 Å². The van der Waals surface area contributed by atoms with E-state index >= 15 is 0 Å². The molecule has 0 aromatic carbocycles. The summed E-state index contributed by atoms with van der Waals surface area (Å²) < 4.78 is 1.06. The summed E-state index contributed by atoms with van der Waals surface area (Å²) in [4.78, 5) is 0. The average Bonchev–Trinajstić information content (AvgIpc) is 2.97. The van der Waals surface area contributed by atoms with E-state index in [9.17, 15) is 5.11 Å². The summed E-state index contributed by atoms with van der Waals surface area (Å²) in [5, 5.41) is 9.87. The zero-order chi connectivity index (χ0) is 30.3. The summed E-state index contributed by atoms with van der Waals surface area (Å²) in [5.41, 5.74) is 0. The summed E-state index contributed by atoms with van der Waals surface area (Å²) >= 11 is 0. The Kier molecular flexibility index (Phi) is 36.0. The molecule has 3 heteroatoms. The molecule has 0 heterocycles. The molecule has 0 aromatic rings. The Balaban J connectivity index is 0. The molecule has 0 saturated carbocycles.